The Morgan fingerprint density at radius 3 is 2.52 bits per heavy atom. The van der Waals surface area contributed by atoms with E-state index in [9.17, 15) is 9.59 Å². The third-order valence-corrected chi connectivity index (χ3v) is 5.78. The van der Waals surface area contributed by atoms with Gasteiger partial charge in [-0.2, -0.15) is 9.78 Å². The van der Waals surface area contributed by atoms with Crippen LogP contribution in [0.4, 0.5) is 4.79 Å². The van der Waals surface area contributed by atoms with Crippen LogP contribution in [0.5, 0.6) is 0 Å². The van der Waals surface area contributed by atoms with Crippen LogP contribution >= 0.6 is 11.6 Å². The van der Waals surface area contributed by atoms with Gasteiger partial charge in [0.1, 0.15) is 0 Å². The predicted octanol–water partition coefficient (Wildman–Crippen LogP) is 3.13. The normalized spacial score (nSPS) is 24.2. The predicted molar refractivity (Wildman–Crippen MR) is 97.8 cm³/mol. The second-order valence-electron chi connectivity index (χ2n) is 7.15. The molecule has 27 heavy (non-hydrogen) atoms. The van der Waals surface area contributed by atoms with Crippen LogP contribution in [0.15, 0.2) is 36.5 Å². The van der Waals surface area contributed by atoms with E-state index in [4.69, 9.17) is 21.4 Å². The van der Waals surface area contributed by atoms with E-state index in [0.29, 0.717) is 36.6 Å². The van der Waals surface area contributed by atoms with Crippen molar-refractivity contribution in [3.8, 4) is 0 Å². The largest absolute Gasteiger partial charge is 0.476 e. The summed E-state index contributed by atoms with van der Waals surface area (Å²) in [6.07, 6.45) is 3.41. The summed E-state index contributed by atoms with van der Waals surface area (Å²) in [6, 6.07) is 8.73. The minimum atomic E-state index is -1.14. The monoisotopic (exact) mass is 389 g/mol. The van der Waals surface area contributed by atoms with E-state index >= 15 is 0 Å². The zero-order valence-electron chi connectivity index (χ0n) is 14.6. The highest BCUT2D eigenvalue weighted by molar-refractivity contribution is 6.31. The molecule has 1 N–H and O–H groups in total. The molecule has 2 fully saturated rings. The van der Waals surface area contributed by atoms with Gasteiger partial charge in [0, 0.05) is 24.3 Å². The highest BCUT2D eigenvalue weighted by Crippen LogP contribution is 2.40. The van der Waals surface area contributed by atoms with Crippen LogP contribution in [0.25, 0.3) is 0 Å². The molecule has 3 atom stereocenters. The third-order valence-electron chi connectivity index (χ3n) is 5.41. The van der Waals surface area contributed by atoms with Crippen LogP contribution in [-0.4, -0.2) is 51.0 Å². The average Bonchev–Trinajstić information content (AvgIpc) is 3.35. The molecule has 0 radical (unpaired) electrons. The van der Waals surface area contributed by atoms with Gasteiger partial charge in [0.2, 0.25) is 0 Å². The highest BCUT2D eigenvalue weighted by atomic mass is 35.5. The molecular weight excluding hydrogens is 370 g/mol. The second-order valence-corrected chi connectivity index (χ2v) is 7.56. The molecule has 4 rings (SSSR count). The molecular formula is C19H20ClN3O4. The van der Waals surface area contributed by atoms with Crippen LogP contribution in [-0.2, 0) is 11.3 Å². The number of carbonyl (C=O) groups is 2. The van der Waals surface area contributed by atoms with Crippen molar-refractivity contribution in [2.75, 3.05) is 13.1 Å². The van der Waals surface area contributed by atoms with Crippen molar-refractivity contribution in [3.05, 3.63) is 52.8 Å². The lowest BCUT2D eigenvalue weighted by Crippen LogP contribution is -2.34. The van der Waals surface area contributed by atoms with E-state index in [0.717, 1.165) is 23.1 Å². The molecule has 2 heterocycles. The fraction of sp³-hybridized carbons (Fsp3) is 0.421. The number of fused-ring (bicyclic) bond motifs is 1. The summed E-state index contributed by atoms with van der Waals surface area (Å²) in [7, 11) is 0. The standard InChI is InChI=1S/C19H20ClN3O4/c20-16-4-2-1-3-12(16)11-27-15-7-13-9-22(10-14(13)8-15)19(26)23-6-5-17(21-23)18(24)25/h1-6,13-15H,7-11H2,(H,24,25)/t13-,14?,15+/m0/s1. The van der Waals surface area contributed by atoms with E-state index in [1.807, 2.05) is 24.3 Å². The zero-order chi connectivity index (χ0) is 19.0. The van der Waals surface area contributed by atoms with Gasteiger partial charge in [0.25, 0.3) is 0 Å². The number of rotatable bonds is 4. The van der Waals surface area contributed by atoms with E-state index in [-0.39, 0.29) is 17.8 Å². The maximum absolute atomic E-state index is 12.5. The van der Waals surface area contributed by atoms with Crippen molar-refractivity contribution in [2.45, 2.75) is 25.6 Å². The SMILES string of the molecule is O=C(O)c1ccn(C(=O)N2CC3C[C@H](OCc4ccccc4Cl)C[C@H]3C2)n1. The molecule has 1 aliphatic carbocycles. The molecule has 142 valence electrons. The summed E-state index contributed by atoms with van der Waals surface area (Å²) in [4.78, 5) is 25.2. The molecule has 2 aliphatic rings. The van der Waals surface area contributed by atoms with Gasteiger partial charge in [-0.3, -0.25) is 0 Å². The van der Waals surface area contributed by atoms with Crippen molar-refractivity contribution in [1.29, 1.82) is 0 Å². The van der Waals surface area contributed by atoms with Crippen LogP contribution in [0, 0.1) is 11.8 Å². The second kappa shape index (κ2) is 7.32. The molecule has 2 aromatic rings. The molecule has 1 aliphatic heterocycles. The van der Waals surface area contributed by atoms with Gasteiger partial charge in [-0.05, 0) is 42.4 Å². The summed E-state index contributed by atoms with van der Waals surface area (Å²) in [5.41, 5.74) is 0.858. The molecule has 1 aromatic heterocycles. The summed E-state index contributed by atoms with van der Waals surface area (Å²) in [6.45, 7) is 1.80. The van der Waals surface area contributed by atoms with Crippen molar-refractivity contribution in [2.24, 2.45) is 11.8 Å². The van der Waals surface area contributed by atoms with Gasteiger partial charge in [-0.15, -0.1) is 0 Å². The minimum absolute atomic E-state index is 0.129. The molecule has 1 aromatic carbocycles. The lowest BCUT2D eigenvalue weighted by atomic mass is 10.0. The fourth-order valence-electron chi connectivity index (χ4n) is 4.05. The quantitative estimate of drug-likeness (QED) is 0.868. The maximum Gasteiger partial charge on any atom is 0.356 e. The Bertz CT molecular complexity index is 854. The minimum Gasteiger partial charge on any atom is -0.476 e. The summed E-state index contributed by atoms with van der Waals surface area (Å²) < 4.78 is 7.15. The first-order valence-electron chi connectivity index (χ1n) is 8.94. The topological polar surface area (TPSA) is 84.7 Å². The molecule has 8 heteroatoms. The number of hydrogen-bond acceptors (Lipinski definition) is 4. The Hall–Kier alpha value is -2.38. The van der Waals surface area contributed by atoms with Gasteiger partial charge < -0.3 is 14.7 Å². The number of nitrogens with zero attached hydrogens (tertiary/aromatic N) is 3. The first-order valence-corrected chi connectivity index (χ1v) is 9.32. The number of carbonyl (C=O) groups excluding carboxylic acids is 1. The lowest BCUT2D eigenvalue weighted by Gasteiger charge is -2.19. The lowest BCUT2D eigenvalue weighted by molar-refractivity contribution is 0.0384. The van der Waals surface area contributed by atoms with Crippen molar-refractivity contribution >= 4 is 23.6 Å². The number of ether oxygens (including phenoxy) is 1. The average molecular weight is 390 g/mol. The van der Waals surface area contributed by atoms with E-state index < -0.39 is 5.97 Å². The van der Waals surface area contributed by atoms with Crippen molar-refractivity contribution in [1.82, 2.24) is 14.7 Å². The molecule has 7 nitrogen and oxygen atoms in total. The molecule has 1 saturated carbocycles. The number of hydrogen-bond donors (Lipinski definition) is 1. The van der Waals surface area contributed by atoms with Gasteiger partial charge in [-0.1, -0.05) is 29.8 Å². The Morgan fingerprint density at radius 1 is 1.19 bits per heavy atom. The highest BCUT2D eigenvalue weighted by Gasteiger charge is 2.43. The number of likely N-dealkylation sites (tertiary alicyclic amines) is 1. The molecule has 1 amide bonds. The Kier molecular flexibility index (Phi) is 4.88. The fourth-order valence-corrected chi connectivity index (χ4v) is 4.24. The summed E-state index contributed by atoms with van der Waals surface area (Å²) in [5.74, 6) is -0.335. The van der Waals surface area contributed by atoms with Crippen LogP contribution in [0.1, 0.15) is 28.9 Å². The Labute approximate surface area is 161 Å². The number of halogens is 1. The number of amides is 1. The number of carboxylic acids is 1. The Morgan fingerprint density at radius 2 is 1.89 bits per heavy atom. The molecule has 1 saturated heterocycles. The Balaban J connectivity index is 1.31. The van der Waals surface area contributed by atoms with E-state index in [2.05, 4.69) is 5.10 Å². The number of benzene rings is 1. The van der Waals surface area contributed by atoms with Gasteiger partial charge in [0.05, 0.1) is 12.7 Å². The van der Waals surface area contributed by atoms with E-state index in [1.165, 1.54) is 12.3 Å². The van der Waals surface area contributed by atoms with Crippen molar-refractivity contribution < 1.29 is 19.4 Å². The van der Waals surface area contributed by atoms with Crippen LogP contribution in [0.3, 0.4) is 0 Å². The zero-order valence-corrected chi connectivity index (χ0v) is 15.4. The third kappa shape index (κ3) is 3.70. The smallest absolute Gasteiger partial charge is 0.356 e. The number of carboxylic acid groups (broad SMARTS) is 1. The van der Waals surface area contributed by atoms with Gasteiger partial charge in [-0.25, -0.2) is 9.59 Å². The van der Waals surface area contributed by atoms with Gasteiger partial charge in [0.15, 0.2) is 5.69 Å². The first kappa shape index (κ1) is 18.0. The summed E-state index contributed by atoms with van der Waals surface area (Å²) >= 11 is 6.17. The number of aromatic nitrogens is 2. The van der Waals surface area contributed by atoms with Crippen LogP contribution in [0.2, 0.25) is 5.02 Å². The molecule has 0 bridgehead atoms. The molecule has 0 spiro atoms. The molecule has 1 unspecified atom stereocenters. The number of aromatic carboxylic acids is 1. The van der Waals surface area contributed by atoms with Gasteiger partial charge >= 0.3 is 12.0 Å². The van der Waals surface area contributed by atoms with Crippen molar-refractivity contribution in [3.63, 3.8) is 0 Å². The van der Waals surface area contributed by atoms with E-state index in [1.54, 1.807) is 4.90 Å². The van der Waals surface area contributed by atoms with Crippen LogP contribution < -0.4 is 0 Å². The maximum atomic E-state index is 12.5. The first-order chi connectivity index (χ1) is 13.0. The summed E-state index contributed by atoms with van der Waals surface area (Å²) in [5, 5.41) is 13.5.